The molecule has 0 aromatic heterocycles. The smallest absolute Gasteiger partial charge is 0.407 e. The van der Waals surface area contributed by atoms with Crippen LogP contribution in [0, 0.1) is 0 Å². The molecule has 1 atom stereocenters. The van der Waals surface area contributed by atoms with Crippen molar-refractivity contribution in [3.05, 3.63) is 71.8 Å². The van der Waals surface area contributed by atoms with Crippen LogP contribution in [0.25, 0.3) is 0 Å². The Labute approximate surface area is 154 Å². The molecule has 1 amide bonds. The summed E-state index contributed by atoms with van der Waals surface area (Å²) in [5, 5.41) is 12.1. The average Bonchev–Trinajstić information content (AvgIpc) is 2.54. The number of rotatable bonds is 6. The zero-order valence-electron chi connectivity index (χ0n) is 15.3. The predicted octanol–water partition coefficient (Wildman–Crippen LogP) is 4.19. The topological polar surface area (TPSA) is 75.6 Å². The molecule has 138 valence electrons. The number of carboxylic acid groups (broad SMARTS) is 1. The fourth-order valence-corrected chi connectivity index (χ4v) is 2.88. The Morgan fingerprint density at radius 2 is 1.42 bits per heavy atom. The first-order valence-corrected chi connectivity index (χ1v) is 8.57. The largest absolute Gasteiger partial charge is 0.481 e. The molecule has 0 fully saturated rings. The highest BCUT2D eigenvalue weighted by atomic mass is 16.6. The minimum absolute atomic E-state index is 0.215. The number of aliphatic carboxylic acids is 1. The van der Waals surface area contributed by atoms with Crippen LogP contribution in [0.1, 0.15) is 44.2 Å². The second-order valence-electron chi connectivity index (χ2n) is 7.15. The van der Waals surface area contributed by atoms with Gasteiger partial charge in [0.2, 0.25) is 0 Å². The second-order valence-corrected chi connectivity index (χ2v) is 7.15. The van der Waals surface area contributed by atoms with Crippen molar-refractivity contribution in [3.8, 4) is 0 Å². The Morgan fingerprint density at radius 3 is 1.81 bits per heavy atom. The summed E-state index contributed by atoms with van der Waals surface area (Å²) >= 11 is 0. The molecule has 0 saturated heterocycles. The summed E-state index contributed by atoms with van der Waals surface area (Å²) in [6.45, 7) is 5.31. The van der Waals surface area contributed by atoms with Crippen LogP contribution < -0.4 is 5.32 Å². The summed E-state index contributed by atoms with van der Waals surface area (Å²) in [6.07, 6.45) is -0.839. The van der Waals surface area contributed by atoms with E-state index in [4.69, 9.17) is 4.74 Å². The number of hydrogen-bond donors (Lipinski definition) is 2. The van der Waals surface area contributed by atoms with Crippen molar-refractivity contribution in [1.29, 1.82) is 0 Å². The lowest BCUT2D eigenvalue weighted by molar-refractivity contribution is -0.137. The summed E-state index contributed by atoms with van der Waals surface area (Å²) in [5.41, 5.74) is 1.20. The molecule has 0 bridgehead atoms. The molecule has 0 spiro atoms. The third kappa shape index (κ3) is 5.92. The predicted molar refractivity (Wildman–Crippen MR) is 100 cm³/mol. The number of nitrogens with one attached hydrogen (secondary N) is 1. The summed E-state index contributed by atoms with van der Waals surface area (Å²) in [4.78, 5) is 23.7. The van der Waals surface area contributed by atoms with E-state index >= 15 is 0 Å². The Hall–Kier alpha value is -2.82. The first-order chi connectivity index (χ1) is 12.3. The minimum Gasteiger partial charge on any atom is -0.481 e. The highest BCUT2D eigenvalue weighted by Crippen LogP contribution is 2.30. The lowest BCUT2D eigenvalue weighted by Gasteiger charge is -2.29. The number of hydrogen-bond acceptors (Lipinski definition) is 3. The van der Waals surface area contributed by atoms with Crippen molar-refractivity contribution in [2.45, 2.75) is 44.8 Å². The molecular formula is C21H25NO4. The summed E-state index contributed by atoms with van der Waals surface area (Å²) < 4.78 is 5.33. The van der Waals surface area contributed by atoms with Gasteiger partial charge in [-0.15, -0.1) is 0 Å². The lowest BCUT2D eigenvalue weighted by Crippen LogP contribution is -2.43. The molecule has 5 heteroatoms. The second kappa shape index (κ2) is 8.52. The Kier molecular flexibility index (Phi) is 6.39. The van der Waals surface area contributed by atoms with Crippen LogP contribution in [-0.2, 0) is 9.53 Å². The van der Waals surface area contributed by atoms with E-state index in [0.717, 1.165) is 11.1 Å². The van der Waals surface area contributed by atoms with E-state index in [-0.39, 0.29) is 12.3 Å². The Balaban J connectivity index is 2.38. The lowest BCUT2D eigenvalue weighted by atomic mass is 9.83. The Bertz CT molecular complexity index is 683. The first kappa shape index (κ1) is 19.5. The number of carboxylic acids is 1. The summed E-state index contributed by atoms with van der Waals surface area (Å²) in [6, 6.07) is 18.5. The van der Waals surface area contributed by atoms with E-state index in [1.165, 1.54) is 0 Å². The molecule has 5 nitrogen and oxygen atoms in total. The van der Waals surface area contributed by atoms with Gasteiger partial charge in [-0.3, -0.25) is 4.79 Å². The quantitative estimate of drug-likeness (QED) is 0.815. The van der Waals surface area contributed by atoms with Gasteiger partial charge in [-0.1, -0.05) is 60.7 Å². The third-order valence-electron chi connectivity index (χ3n) is 3.82. The van der Waals surface area contributed by atoms with Crippen LogP contribution in [0.2, 0.25) is 0 Å². The van der Waals surface area contributed by atoms with Gasteiger partial charge in [-0.25, -0.2) is 4.79 Å². The Morgan fingerprint density at radius 1 is 0.962 bits per heavy atom. The SMILES string of the molecule is CC(C)(C)OC(=O)NC(CC(=O)O)C(c1ccccc1)c1ccccc1. The van der Waals surface area contributed by atoms with Crippen molar-refractivity contribution in [1.82, 2.24) is 5.32 Å². The fourth-order valence-electron chi connectivity index (χ4n) is 2.88. The number of benzene rings is 2. The number of carbonyl (C=O) groups is 2. The van der Waals surface area contributed by atoms with E-state index in [1.54, 1.807) is 20.8 Å². The monoisotopic (exact) mass is 355 g/mol. The van der Waals surface area contributed by atoms with E-state index in [2.05, 4.69) is 5.32 Å². The normalized spacial score (nSPS) is 12.5. The molecule has 0 radical (unpaired) electrons. The van der Waals surface area contributed by atoms with Crippen molar-refractivity contribution < 1.29 is 19.4 Å². The average molecular weight is 355 g/mol. The van der Waals surface area contributed by atoms with Gasteiger partial charge in [0.05, 0.1) is 12.5 Å². The molecule has 0 heterocycles. The van der Waals surface area contributed by atoms with Crippen LogP contribution >= 0.6 is 0 Å². The van der Waals surface area contributed by atoms with Crippen molar-refractivity contribution in [2.75, 3.05) is 0 Å². The first-order valence-electron chi connectivity index (χ1n) is 8.57. The van der Waals surface area contributed by atoms with Gasteiger partial charge in [-0.2, -0.15) is 0 Å². The van der Waals surface area contributed by atoms with E-state index in [9.17, 15) is 14.7 Å². The molecule has 0 aliphatic rings. The van der Waals surface area contributed by atoms with Crippen LogP contribution in [-0.4, -0.2) is 28.8 Å². The molecule has 0 aliphatic heterocycles. The fraction of sp³-hybridized carbons (Fsp3) is 0.333. The molecule has 0 aliphatic carbocycles. The van der Waals surface area contributed by atoms with Gasteiger partial charge in [0.25, 0.3) is 0 Å². The zero-order valence-corrected chi connectivity index (χ0v) is 15.3. The van der Waals surface area contributed by atoms with Crippen LogP contribution in [0.3, 0.4) is 0 Å². The van der Waals surface area contributed by atoms with Crippen molar-refractivity contribution >= 4 is 12.1 Å². The van der Waals surface area contributed by atoms with E-state index in [1.807, 2.05) is 60.7 Å². The van der Waals surface area contributed by atoms with Gasteiger partial charge >= 0.3 is 12.1 Å². The van der Waals surface area contributed by atoms with E-state index in [0.29, 0.717) is 0 Å². The number of amides is 1. The summed E-state index contributed by atoms with van der Waals surface area (Å²) in [7, 11) is 0. The van der Waals surface area contributed by atoms with E-state index < -0.39 is 23.7 Å². The van der Waals surface area contributed by atoms with Gasteiger partial charge in [0, 0.05) is 5.92 Å². The maximum atomic E-state index is 12.3. The van der Waals surface area contributed by atoms with Crippen LogP contribution in [0.5, 0.6) is 0 Å². The van der Waals surface area contributed by atoms with Crippen LogP contribution in [0.4, 0.5) is 4.79 Å². The number of ether oxygens (including phenoxy) is 1. The molecule has 26 heavy (non-hydrogen) atoms. The standard InChI is InChI=1S/C21H25NO4/c1-21(2,3)26-20(25)22-17(14-18(23)24)19(15-10-6-4-7-11-15)16-12-8-5-9-13-16/h4-13,17,19H,14H2,1-3H3,(H,22,25)(H,23,24). The van der Waals surface area contributed by atoms with Gasteiger partial charge in [0.1, 0.15) is 5.60 Å². The zero-order chi connectivity index (χ0) is 19.2. The molecule has 0 saturated carbocycles. The molecule has 2 rings (SSSR count). The van der Waals surface area contributed by atoms with Crippen LogP contribution in [0.15, 0.2) is 60.7 Å². The highest BCUT2D eigenvalue weighted by molar-refractivity contribution is 5.72. The van der Waals surface area contributed by atoms with Gasteiger partial charge in [0.15, 0.2) is 0 Å². The molecular weight excluding hydrogens is 330 g/mol. The summed E-state index contributed by atoms with van der Waals surface area (Å²) in [5.74, 6) is -1.29. The minimum atomic E-state index is -0.983. The van der Waals surface area contributed by atoms with Gasteiger partial charge in [-0.05, 0) is 31.9 Å². The number of carbonyl (C=O) groups excluding carboxylic acids is 1. The maximum absolute atomic E-state index is 12.3. The molecule has 2 N–H and O–H groups in total. The highest BCUT2D eigenvalue weighted by Gasteiger charge is 2.30. The molecule has 2 aromatic rings. The van der Waals surface area contributed by atoms with Crippen molar-refractivity contribution in [2.24, 2.45) is 0 Å². The number of alkyl carbamates (subject to hydrolysis) is 1. The van der Waals surface area contributed by atoms with Gasteiger partial charge < -0.3 is 15.2 Å². The third-order valence-corrected chi connectivity index (χ3v) is 3.82. The van der Waals surface area contributed by atoms with Crippen molar-refractivity contribution in [3.63, 3.8) is 0 Å². The molecule has 1 unspecified atom stereocenters. The maximum Gasteiger partial charge on any atom is 0.407 e. The molecule has 2 aromatic carbocycles.